The molecule has 23 heavy (non-hydrogen) atoms. The summed E-state index contributed by atoms with van der Waals surface area (Å²) in [6.45, 7) is 2.74. The number of carbonyl (C=O) groups excluding carboxylic acids is 1. The van der Waals surface area contributed by atoms with Gasteiger partial charge in [-0.3, -0.25) is 14.9 Å². The highest BCUT2D eigenvalue weighted by Crippen LogP contribution is 2.26. The second kappa shape index (κ2) is 8.45. The molecule has 0 atom stereocenters. The van der Waals surface area contributed by atoms with Gasteiger partial charge in [0, 0.05) is 25.1 Å². The third kappa shape index (κ3) is 5.50. The van der Waals surface area contributed by atoms with E-state index in [9.17, 15) is 14.9 Å². The quantitative estimate of drug-likeness (QED) is 0.457. The van der Waals surface area contributed by atoms with Crippen LogP contribution in [0.1, 0.15) is 44.1 Å². The van der Waals surface area contributed by atoms with Gasteiger partial charge in [-0.25, -0.2) is 4.98 Å². The minimum absolute atomic E-state index is 0.0105. The maximum atomic E-state index is 11.9. The maximum absolute atomic E-state index is 11.9. The van der Waals surface area contributed by atoms with E-state index in [1.165, 1.54) is 25.5 Å². The Morgan fingerprint density at radius 2 is 2.09 bits per heavy atom. The number of hydrogen-bond acceptors (Lipinski definition) is 5. The number of amides is 1. The maximum Gasteiger partial charge on any atom is 0.290 e. The van der Waals surface area contributed by atoms with Crippen LogP contribution in [0.2, 0.25) is 0 Å². The lowest BCUT2D eigenvalue weighted by atomic mass is 9.87. The first-order valence-corrected chi connectivity index (χ1v) is 8.18. The minimum Gasteiger partial charge on any atom is -0.368 e. The van der Waals surface area contributed by atoms with Crippen molar-refractivity contribution in [3.05, 3.63) is 27.9 Å². The Kier molecular flexibility index (Phi) is 6.31. The third-order valence-electron chi connectivity index (χ3n) is 4.23. The topological polar surface area (TPSA) is 97.2 Å². The number of anilines is 1. The summed E-state index contributed by atoms with van der Waals surface area (Å²) >= 11 is 0. The van der Waals surface area contributed by atoms with Crippen molar-refractivity contribution in [3.63, 3.8) is 0 Å². The largest absolute Gasteiger partial charge is 0.368 e. The molecular weight excluding hydrogens is 296 g/mol. The first-order chi connectivity index (χ1) is 11.1. The van der Waals surface area contributed by atoms with Gasteiger partial charge in [0.15, 0.2) is 0 Å². The molecule has 1 amide bonds. The van der Waals surface area contributed by atoms with E-state index in [1.807, 2.05) is 0 Å². The van der Waals surface area contributed by atoms with Gasteiger partial charge in [-0.15, -0.1) is 0 Å². The van der Waals surface area contributed by atoms with Crippen LogP contribution in [0.25, 0.3) is 0 Å². The molecule has 1 aromatic rings. The van der Waals surface area contributed by atoms with Gasteiger partial charge in [0.05, 0.1) is 4.92 Å². The van der Waals surface area contributed by atoms with Crippen LogP contribution in [0.4, 0.5) is 11.5 Å². The lowest BCUT2D eigenvalue weighted by molar-refractivity contribution is -0.385. The van der Waals surface area contributed by atoms with Crippen LogP contribution in [0.15, 0.2) is 12.3 Å². The molecule has 1 saturated carbocycles. The van der Waals surface area contributed by atoms with E-state index in [4.69, 9.17) is 0 Å². The SMILES string of the molecule is Cc1cc(NCCNC(=O)CC2CCCCC2)ncc1[N+](=O)[O-]. The Bertz CT molecular complexity index is 556. The molecule has 1 aliphatic carbocycles. The van der Waals surface area contributed by atoms with E-state index in [0.29, 0.717) is 36.8 Å². The number of aryl methyl sites for hydroxylation is 1. The van der Waals surface area contributed by atoms with Crippen molar-refractivity contribution in [2.24, 2.45) is 5.92 Å². The number of nitrogens with one attached hydrogen (secondary N) is 2. The number of hydrogen-bond donors (Lipinski definition) is 2. The molecule has 0 unspecified atom stereocenters. The van der Waals surface area contributed by atoms with Crippen LogP contribution in [-0.2, 0) is 4.79 Å². The Balaban J connectivity index is 1.67. The molecule has 0 radical (unpaired) electrons. The molecule has 2 N–H and O–H groups in total. The van der Waals surface area contributed by atoms with Gasteiger partial charge in [0.25, 0.3) is 5.69 Å². The number of carbonyl (C=O) groups is 1. The predicted octanol–water partition coefficient (Wildman–Crippen LogP) is 2.80. The molecule has 7 heteroatoms. The highest BCUT2D eigenvalue weighted by Gasteiger charge is 2.16. The smallest absolute Gasteiger partial charge is 0.290 e. The number of aromatic nitrogens is 1. The van der Waals surface area contributed by atoms with Crippen molar-refractivity contribution in [3.8, 4) is 0 Å². The summed E-state index contributed by atoms with van der Waals surface area (Å²) in [6, 6.07) is 1.64. The predicted molar refractivity (Wildman–Crippen MR) is 88.3 cm³/mol. The Morgan fingerprint density at radius 3 is 2.74 bits per heavy atom. The average Bonchev–Trinajstić information content (AvgIpc) is 2.52. The second-order valence-corrected chi connectivity index (χ2v) is 6.10. The van der Waals surface area contributed by atoms with Gasteiger partial charge in [-0.1, -0.05) is 19.3 Å². The molecule has 1 heterocycles. The highest BCUT2D eigenvalue weighted by molar-refractivity contribution is 5.76. The van der Waals surface area contributed by atoms with Gasteiger partial charge >= 0.3 is 0 Å². The molecule has 1 fully saturated rings. The van der Waals surface area contributed by atoms with E-state index >= 15 is 0 Å². The Labute approximate surface area is 136 Å². The van der Waals surface area contributed by atoms with Crippen molar-refractivity contribution in [1.29, 1.82) is 0 Å². The van der Waals surface area contributed by atoms with Crippen molar-refractivity contribution < 1.29 is 9.72 Å². The Hall–Kier alpha value is -2.18. The number of nitrogens with zero attached hydrogens (tertiary/aromatic N) is 2. The molecule has 0 aromatic carbocycles. The van der Waals surface area contributed by atoms with Crippen LogP contribution in [0.5, 0.6) is 0 Å². The van der Waals surface area contributed by atoms with Crippen molar-refractivity contribution in [2.45, 2.75) is 45.4 Å². The van der Waals surface area contributed by atoms with E-state index in [2.05, 4.69) is 15.6 Å². The zero-order valence-corrected chi connectivity index (χ0v) is 13.5. The zero-order valence-electron chi connectivity index (χ0n) is 13.5. The summed E-state index contributed by atoms with van der Waals surface area (Å²) in [5.74, 6) is 1.22. The fourth-order valence-electron chi connectivity index (χ4n) is 2.95. The van der Waals surface area contributed by atoms with Crippen LogP contribution < -0.4 is 10.6 Å². The molecule has 126 valence electrons. The van der Waals surface area contributed by atoms with E-state index < -0.39 is 4.92 Å². The monoisotopic (exact) mass is 320 g/mol. The fourth-order valence-corrected chi connectivity index (χ4v) is 2.95. The van der Waals surface area contributed by atoms with Gasteiger partial charge in [-0.05, 0) is 31.7 Å². The highest BCUT2D eigenvalue weighted by atomic mass is 16.6. The minimum atomic E-state index is -0.447. The zero-order chi connectivity index (χ0) is 16.7. The molecule has 0 bridgehead atoms. The number of rotatable bonds is 7. The number of pyridine rings is 1. The standard InChI is InChI=1S/C16H24N4O3/c1-12-9-15(19-11-14(12)20(22)23)17-7-8-18-16(21)10-13-5-3-2-4-6-13/h9,11,13H,2-8,10H2,1H3,(H,17,19)(H,18,21). The van der Waals surface area contributed by atoms with E-state index in [-0.39, 0.29) is 11.6 Å². The van der Waals surface area contributed by atoms with Crippen molar-refractivity contribution in [2.75, 3.05) is 18.4 Å². The van der Waals surface area contributed by atoms with E-state index in [0.717, 1.165) is 12.8 Å². The van der Waals surface area contributed by atoms with Gasteiger partial charge < -0.3 is 10.6 Å². The normalized spacial score (nSPS) is 15.2. The summed E-state index contributed by atoms with van der Waals surface area (Å²) in [6.07, 6.45) is 7.97. The van der Waals surface area contributed by atoms with Crippen LogP contribution >= 0.6 is 0 Å². The molecule has 7 nitrogen and oxygen atoms in total. The third-order valence-corrected chi connectivity index (χ3v) is 4.23. The van der Waals surface area contributed by atoms with E-state index in [1.54, 1.807) is 13.0 Å². The molecule has 0 spiro atoms. The van der Waals surface area contributed by atoms with Crippen molar-refractivity contribution in [1.82, 2.24) is 10.3 Å². The molecule has 0 aliphatic heterocycles. The van der Waals surface area contributed by atoms with Gasteiger partial charge in [-0.2, -0.15) is 0 Å². The molecule has 0 saturated heterocycles. The van der Waals surface area contributed by atoms with Crippen molar-refractivity contribution >= 4 is 17.4 Å². The summed E-state index contributed by atoms with van der Waals surface area (Å²) in [7, 11) is 0. The summed E-state index contributed by atoms with van der Waals surface area (Å²) in [5, 5.41) is 16.7. The number of nitro groups is 1. The summed E-state index contributed by atoms with van der Waals surface area (Å²) in [4.78, 5) is 26.2. The average molecular weight is 320 g/mol. The lowest BCUT2D eigenvalue weighted by Crippen LogP contribution is -2.30. The van der Waals surface area contributed by atoms with Gasteiger partial charge in [0.2, 0.25) is 5.91 Å². The fraction of sp³-hybridized carbons (Fsp3) is 0.625. The van der Waals surface area contributed by atoms with Crippen LogP contribution in [-0.4, -0.2) is 28.9 Å². The van der Waals surface area contributed by atoms with Crippen LogP contribution in [0.3, 0.4) is 0 Å². The molecular formula is C16H24N4O3. The second-order valence-electron chi connectivity index (χ2n) is 6.10. The molecule has 2 rings (SSSR count). The molecule has 1 aromatic heterocycles. The summed E-state index contributed by atoms with van der Waals surface area (Å²) < 4.78 is 0. The lowest BCUT2D eigenvalue weighted by Gasteiger charge is -2.20. The summed E-state index contributed by atoms with van der Waals surface area (Å²) in [5.41, 5.74) is 0.574. The van der Waals surface area contributed by atoms with Gasteiger partial charge in [0.1, 0.15) is 12.0 Å². The van der Waals surface area contributed by atoms with Crippen LogP contribution in [0, 0.1) is 23.0 Å². The molecule has 1 aliphatic rings. The Morgan fingerprint density at radius 1 is 1.35 bits per heavy atom. The first kappa shape index (κ1) is 17.2. The first-order valence-electron chi connectivity index (χ1n) is 8.18.